The highest BCUT2D eigenvalue weighted by molar-refractivity contribution is 6.38. The smallest absolute Gasteiger partial charge is 0.256 e. The predicted octanol–water partition coefficient (Wildman–Crippen LogP) is 5.02. The van der Waals surface area contributed by atoms with Crippen LogP contribution in [0.1, 0.15) is 27.2 Å². The van der Waals surface area contributed by atoms with Crippen LogP contribution >= 0.6 is 23.2 Å². The molecule has 0 saturated heterocycles. The number of hydrogen-bond donors (Lipinski definition) is 2. The van der Waals surface area contributed by atoms with Gasteiger partial charge in [0.2, 0.25) is 5.78 Å². The molecule has 7 heteroatoms. The molecule has 134 valence electrons. The second-order valence-electron chi connectivity index (χ2n) is 5.91. The summed E-state index contributed by atoms with van der Waals surface area (Å²) >= 11 is 11.9. The second kappa shape index (κ2) is 6.61. The topological polar surface area (TPSA) is 79.5 Å². The van der Waals surface area contributed by atoms with E-state index in [0.717, 1.165) is 0 Å². The van der Waals surface area contributed by atoms with Crippen LogP contribution in [-0.4, -0.2) is 16.8 Å². The number of fused-ring (bicyclic) bond motifs is 1. The molecule has 0 fully saturated rings. The van der Waals surface area contributed by atoms with E-state index in [1.165, 1.54) is 18.4 Å². The molecule has 0 saturated carbocycles. The average molecular weight is 400 g/mol. The van der Waals surface area contributed by atoms with E-state index in [4.69, 9.17) is 27.6 Å². The Morgan fingerprint density at radius 2 is 1.85 bits per heavy atom. The molecule has 2 heterocycles. The summed E-state index contributed by atoms with van der Waals surface area (Å²) in [7, 11) is 0. The van der Waals surface area contributed by atoms with E-state index in [1.807, 2.05) is 0 Å². The van der Waals surface area contributed by atoms with Gasteiger partial charge >= 0.3 is 0 Å². The number of ketones is 1. The number of phenols is 1. The van der Waals surface area contributed by atoms with Gasteiger partial charge in [-0.15, -0.1) is 0 Å². The Hall–Kier alpha value is -3.02. The van der Waals surface area contributed by atoms with Gasteiger partial charge in [0.05, 0.1) is 16.3 Å². The van der Waals surface area contributed by atoms with Crippen LogP contribution in [0.5, 0.6) is 5.75 Å². The Labute approximate surface area is 163 Å². The molecule has 0 spiro atoms. The number of hydrogen-bond acceptors (Lipinski definition) is 4. The third-order valence-corrected chi connectivity index (χ3v) is 4.74. The Morgan fingerprint density at radius 3 is 2.52 bits per heavy atom. The van der Waals surface area contributed by atoms with E-state index in [0.29, 0.717) is 28.0 Å². The van der Waals surface area contributed by atoms with E-state index in [2.05, 4.69) is 5.32 Å². The summed E-state index contributed by atoms with van der Waals surface area (Å²) < 4.78 is 5.15. The number of furan rings is 1. The summed E-state index contributed by atoms with van der Waals surface area (Å²) in [5, 5.41) is 12.6. The summed E-state index contributed by atoms with van der Waals surface area (Å²) in [5.74, 6) is -0.594. The number of benzene rings is 2. The quantitative estimate of drug-likeness (QED) is 0.478. The monoisotopic (exact) mass is 399 g/mol. The van der Waals surface area contributed by atoms with Crippen molar-refractivity contribution in [2.45, 2.75) is 0 Å². The fourth-order valence-corrected chi connectivity index (χ4v) is 3.36. The van der Waals surface area contributed by atoms with Gasteiger partial charge in [0.15, 0.2) is 11.5 Å². The van der Waals surface area contributed by atoms with Crippen molar-refractivity contribution in [2.75, 3.05) is 5.32 Å². The van der Waals surface area contributed by atoms with Crippen LogP contribution < -0.4 is 5.32 Å². The summed E-state index contributed by atoms with van der Waals surface area (Å²) in [6.45, 7) is 0. The predicted molar refractivity (Wildman–Crippen MR) is 103 cm³/mol. The number of nitrogens with one attached hydrogen (secondary N) is 1. The minimum absolute atomic E-state index is 0.0785. The van der Waals surface area contributed by atoms with Crippen LogP contribution in [0.3, 0.4) is 0 Å². The van der Waals surface area contributed by atoms with Gasteiger partial charge in [-0.2, -0.15) is 0 Å². The normalized spacial score (nSPS) is 14.3. The molecule has 0 bridgehead atoms. The third-order valence-electron chi connectivity index (χ3n) is 4.16. The lowest BCUT2D eigenvalue weighted by atomic mass is 9.99. The molecule has 27 heavy (non-hydrogen) atoms. The minimum atomic E-state index is -0.312. The lowest BCUT2D eigenvalue weighted by Crippen LogP contribution is -2.03. The van der Waals surface area contributed by atoms with Crippen LogP contribution in [0, 0.1) is 0 Å². The van der Waals surface area contributed by atoms with E-state index >= 15 is 0 Å². The molecule has 5 nitrogen and oxygen atoms in total. The first-order valence-corrected chi connectivity index (χ1v) is 8.63. The molecule has 3 aromatic rings. The SMILES string of the molecule is O=C1Nc2ccc(C(=O)c3ccco3)cc2/C1=C/c1cc(Cl)c(O)c(Cl)c1. The molecular formula is C20H11Cl2NO4. The van der Waals surface area contributed by atoms with Crippen LogP contribution in [0.25, 0.3) is 11.6 Å². The molecule has 1 aliphatic rings. The molecule has 0 atom stereocenters. The zero-order valence-electron chi connectivity index (χ0n) is 13.6. The van der Waals surface area contributed by atoms with E-state index in [9.17, 15) is 14.7 Å². The Kier molecular flexibility index (Phi) is 4.26. The van der Waals surface area contributed by atoms with Gasteiger partial charge in [0.1, 0.15) is 0 Å². The maximum Gasteiger partial charge on any atom is 0.256 e. The highest BCUT2D eigenvalue weighted by Gasteiger charge is 2.26. The molecule has 4 rings (SSSR count). The number of carbonyl (C=O) groups excluding carboxylic acids is 2. The molecule has 1 amide bonds. The van der Waals surface area contributed by atoms with Crippen LogP contribution in [-0.2, 0) is 4.79 Å². The largest absolute Gasteiger partial charge is 0.505 e. The van der Waals surface area contributed by atoms with Gasteiger partial charge in [0.25, 0.3) is 5.91 Å². The highest BCUT2D eigenvalue weighted by atomic mass is 35.5. The van der Waals surface area contributed by atoms with Gasteiger partial charge in [0, 0.05) is 22.4 Å². The number of aromatic hydroxyl groups is 1. The molecule has 0 radical (unpaired) electrons. The van der Waals surface area contributed by atoms with E-state index < -0.39 is 0 Å². The van der Waals surface area contributed by atoms with Crippen LogP contribution in [0.4, 0.5) is 5.69 Å². The van der Waals surface area contributed by atoms with Crippen molar-refractivity contribution < 1.29 is 19.1 Å². The van der Waals surface area contributed by atoms with Crippen molar-refractivity contribution in [3.8, 4) is 5.75 Å². The molecule has 0 unspecified atom stereocenters. The van der Waals surface area contributed by atoms with Gasteiger partial charge < -0.3 is 14.8 Å². The minimum Gasteiger partial charge on any atom is -0.505 e. The van der Waals surface area contributed by atoms with Gasteiger partial charge in [-0.05, 0) is 54.1 Å². The van der Waals surface area contributed by atoms with Crippen molar-refractivity contribution in [2.24, 2.45) is 0 Å². The lowest BCUT2D eigenvalue weighted by Gasteiger charge is -2.04. The zero-order chi connectivity index (χ0) is 19.1. The Morgan fingerprint density at radius 1 is 1.11 bits per heavy atom. The van der Waals surface area contributed by atoms with Crippen molar-refractivity contribution in [3.63, 3.8) is 0 Å². The molecule has 2 N–H and O–H groups in total. The van der Waals surface area contributed by atoms with Crippen LogP contribution in [0.15, 0.2) is 53.1 Å². The second-order valence-corrected chi connectivity index (χ2v) is 6.73. The van der Waals surface area contributed by atoms with E-state index in [-0.39, 0.29) is 33.2 Å². The summed E-state index contributed by atoms with van der Waals surface area (Å²) in [5.41, 5.74) is 2.48. The highest BCUT2D eigenvalue weighted by Crippen LogP contribution is 2.37. The summed E-state index contributed by atoms with van der Waals surface area (Å²) in [6.07, 6.45) is 3.02. The zero-order valence-corrected chi connectivity index (χ0v) is 15.1. The maximum atomic E-state index is 12.5. The molecule has 0 aliphatic carbocycles. The fourth-order valence-electron chi connectivity index (χ4n) is 2.86. The number of amides is 1. The maximum absolute atomic E-state index is 12.5. The molecular weight excluding hydrogens is 389 g/mol. The van der Waals surface area contributed by atoms with Crippen molar-refractivity contribution in [1.29, 1.82) is 0 Å². The first kappa shape index (κ1) is 17.4. The van der Waals surface area contributed by atoms with Crippen molar-refractivity contribution >= 4 is 52.2 Å². The number of phenolic OH excluding ortho intramolecular Hbond substituents is 1. The number of anilines is 1. The molecule has 1 aromatic heterocycles. The molecule has 2 aromatic carbocycles. The van der Waals surface area contributed by atoms with Crippen molar-refractivity contribution in [3.05, 3.63) is 81.2 Å². The number of rotatable bonds is 3. The number of halogens is 2. The van der Waals surface area contributed by atoms with Gasteiger partial charge in [-0.25, -0.2) is 0 Å². The Bertz CT molecular complexity index is 1090. The summed E-state index contributed by atoms with van der Waals surface area (Å²) in [4.78, 5) is 24.9. The number of carbonyl (C=O) groups is 2. The Balaban J connectivity index is 1.78. The van der Waals surface area contributed by atoms with Gasteiger partial charge in [-0.1, -0.05) is 23.2 Å². The summed E-state index contributed by atoms with van der Waals surface area (Å²) in [6, 6.07) is 11.1. The first-order valence-electron chi connectivity index (χ1n) is 7.88. The average Bonchev–Trinajstić information content (AvgIpc) is 3.27. The molecule has 1 aliphatic heterocycles. The lowest BCUT2D eigenvalue weighted by molar-refractivity contribution is -0.110. The van der Waals surface area contributed by atoms with Crippen LogP contribution in [0.2, 0.25) is 10.0 Å². The fraction of sp³-hybridized carbons (Fsp3) is 0. The van der Waals surface area contributed by atoms with Crippen molar-refractivity contribution in [1.82, 2.24) is 0 Å². The standard InChI is InChI=1S/C20H11Cl2NO4/c21-14-7-10(8-15(22)19(14)25)6-13-12-9-11(3-4-16(12)23-20(13)26)18(24)17-2-1-5-27-17/h1-9,25H,(H,23,26)/b13-6-. The first-order chi connectivity index (χ1) is 12.9. The van der Waals surface area contributed by atoms with E-state index in [1.54, 1.807) is 36.4 Å². The third kappa shape index (κ3) is 3.12. The van der Waals surface area contributed by atoms with Gasteiger partial charge in [-0.3, -0.25) is 9.59 Å².